The number of rotatable bonds is 2. The standard InChI is InChI=1S/C15H18N2O/c1-2-17-13-9-4-3-7-11(13)14(15(17)18)12-8-5-6-10-16-12/h3-4,7,9,14H,2,5-6,8,10H2,1H3/t14-/m0/s1. The topological polar surface area (TPSA) is 32.7 Å². The Morgan fingerprint density at radius 3 is 2.89 bits per heavy atom. The summed E-state index contributed by atoms with van der Waals surface area (Å²) in [5, 5.41) is 0. The molecule has 0 saturated carbocycles. The molecule has 0 spiro atoms. The van der Waals surface area contributed by atoms with Crippen LogP contribution >= 0.6 is 0 Å². The molecule has 3 nitrogen and oxygen atoms in total. The number of carbonyl (C=O) groups is 1. The Hall–Kier alpha value is -1.64. The highest BCUT2D eigenvalue weighted by Crippen LogP contribution is 2.39. The van der Waals surface area contributed by atoms with E-state index in [1.54, 1.807) is 0 Å². The summed E-state index contributed by atoms with van der Waals surface area (Å²) >= 11 is 0. The number of hydrogen-bond acceptors (Lipinski definition) is 2. The molecule has 0 aliphatic carbocycles. The van der Waals surface area contributed by atoms with Gasteiger partial charge in [0.1, 0.15) is 5.92 Å². The van der Waals surface area contributed by atoms with Crippen LogP contribution in [0.2, 0.25) is 0 Å². The van der Waals surface area contributed by atoms with Crippen molar-refractivity contribution >= 4 is 17.3 Å². The SMILES string of the molecule is CCN1C(=O)[C@H](C2=NCCCC2)c2ccccc21. The van der Waals surface area contributed by atoms with Crippen molar-refractivity contribution in [2.45, 2.75) is 32.1 Å². The van der Waals surface area contributed by atoms with Crippen LogP contribution in [0.1, 0.15) is 37.7 Å². The van der Waals surface area contributed by atoms with Crippen LogP contribution in [0.4, 0.5) is 5.69 Å². The van der Waals surface area contributed by atoms with Crippen molar-refractivity contribution in [3.8, 4) is 0 Å². The van der Waals surface area contributed by atoms with Gasteiger partial charge in [-0.05, 0) is 37.8 Å². The Morgan fingerprint density at radius 2 is 2.17 bits per heavy atom. The number of benzene rings is 1. The Labute approximate surface area is 108 Å². The second-order valence-corrected chi connectivity index (χ2v) is 4.90. The van der Waals surface area contributed by atoms with E-state index in [1.165, 1.54) is 0 Å². The van der Waals surface area contributed by atoms with Crippen molar-refractivity contribution in [1.29, 1.82) is 0 Å². The first-order valence-corrected chi connectivity index (χ1v) is 6.76. The van der Waals surface area contributed by atoms with Crippen LogP contribution in [0.3, 0.4) is 0 Å². The molecule has 2 heterocycles. The first kappa shape index (κ1) is 11.5. The zero-order valence-electron chi connectivity index (χ0n) is 10.7. The Kier molecular flexibility index (Phi) is 2.90. The average molecular weight is 242 g/mol. The summed E-state index contributed by atoms with van der Waals surface area (Å²) in [5.74, 6) is 0.0980. The lowest BCUT2D eigenvalue weighted by Gasteiger charge is -2.18. The molecule has 1 amide bonds. The molecule has 3 rings (SSSR count). The number of nitrogens with zero attached hydrogens (tertiary/aromatic N) is 2. The highest BCUT2D eigenvalue weighted by Gasteiger charge is 2.39. The Morgan fingerprint density at radius 1 is 1.33 bits per heavy atom. The highest BCUT2D eigenvalue weighted by atomic mass is 16.2. The summed E-state index contributed by atoms with van der Waals surface area (Å²) in [4.78, 5) is 19.0. The van der Waals surface area contributed by atoms with Gasteiger partial charge in [0, 0.05) is 24.5 Å². The van der Waals surface area contributed by atoms with E-state index in [-0.39, 0.29) is 11.8 Å². The van der Waals surface area contributed by atoms with Gasteiger partial charge >= 0.3 is 0 Å². The van der Waals surface area contributed by atoms with E-state index >= 15 is 0 Å². The minimum Gasteiger partial charge on any atom is -0.312 e. The normalized spacial score (nSPS) is 22.9. The van der Waals surface area contributed by atoms with Gasteiger partial charge in [0.15, 0.2) is 0 Å². The van der Waals surface area contributed by atoms with E-state index < -0.39 is 0 Å². The lowest BCUT2D eigenvalue weighted by molar-refractivity contribution is -0.118. The Bertz CT molecular complexity index is 507. The number of carbonyl (C=O) groups excluding carboxylic acids is 1. The van der Waals surface area contributed by atoms with E-state index in [0.29, 0.717) is 0 Å². The van der Waals surface area contributed by atoms with Gasteiger partial charge in [-0.3, -0.25) is 9.79 Å². The second-order valence-electron chi connectivity index (χ2n) is 4.90. The molecule has 2 aliphatic heterocycles. The van der Waals surface area contributed by atoms with Crippen molar-refractivity contribution in [3.63, 3.8) is 0 Å². The fraction of sp³-hybridized carbons (Fsp3) is 0.467. The van der Waals surface area contributed by atoms with Crippen LogP contribution in [-0.4, -0.2) is 24.7 Å². The molecule has 0 radical (unpaired) electrons. The molecule has 0 unspecified atom stereocenters. The van der Waals surface area contributed by atoms with E-state index in [0.717, 1.165) is 49.3 Å². The average Bonchev–Trinajstić information content (AvgIpc) is 2.71. The number of amides is 1. The van der Waals surface area contributed by atoms with E-state index in [2.05, 4.69) is 11.1 Å². The molecule has 94 valence electrons. The first-order chi connectivity index (χ1) is 8.83. The molecule has 1 atom stereocenters. The van der Waals surface area contributed by atoms with Gasteiger partial charge in [-0.1, -0.05) is 18.2 Å². The quantitative estimate of drug-likeness (QED) is 0.785. The largest absolute Gasteiger partial charge is 0.312 e. The molecular formula is C15H18N2O. The lowest BCUT2D eigenvalue weighted by atomic mass is 9.91. The monoisotopic (exact) mass is 242 g/mol. The number of likely N-dealkylation sites (N-methyl/N-ethyl adjacent to an activating group) is 1. The predicted octanol–water partition coefficient (Wildman–Crippen LogP) is 2.76. The van der Waals surface area contributed by atoms with Gasteiger partial charge < -0.3 is 4.90 Å². The van der Waals surface area contributed by atoms with Gasteiger partial charge in [0.2, 0.25) is 5.91 Å². The summed E-state index contributed by atoms with van der Waals surface area (Å²) in [6.07, 6.45) is 3.29. The molecule has 2 aliphatic rings. The van der Waals surface area contributed by atoms with E-state index in [4.69, 9.17) is 0 Å². The maximum absolute atomic E-state index is 12.5. The van der Waals surface area contributed by atoms with Gasteiger partial charge in [0.25, 0.3) is 0 Å². The van der Waals surface area contributed by atoms with Gasteiger partial charge in [-0.25, -0.2) is 0 Å². The summed E-state index contributed by atoms with van der Waals surface area (Å²) in [5.41, 5.74) is 3.31. The van der Waals surface area contributed by atoms with Gasteiger partial charge in [0.05, 0.1) is 0 Å². The third-order valence-corrected chi connectivity index (χ3v) is 3.86. The minimum absolute atomic E-state index is 0.110. The van der Waals surface area contributed by atoms with Crippen molar-refractivity contribution in [2.24, 2.45) is 4.99 Å². The number of hydrogen-bond donors (Lipinski definition) is 0. The van der Waals surface area contributed by atoms with E-state index in [1.807, 2.05) is 30.0 Å². The molecule has 0 bridgehead atoms. The second kappa shape index (κ2) is 4.56. The van der Waals surface area contributed by atoms with Crippen molar-refractivity contribution < 1.29 is 4.79 Å². The number of para-hydroxylation sites is 1. The molecule has 1 aromatic carbocycles. The number of aliphatic imine (C=N–C) groups is 1. The lowest BCUT2D eigenvalue weighted by Crippen LogP contribution is -2.32. The van der Waals surface area contributed by atoms with E-state index in [9.17, 15) is 4.79 Å². The Balaban J connectivity index is 2.05. The van der Waals surface area contributed by atoms with Crippen LogP contribution in [0, 0.1) is 0 Å². The third kappa shape index (κ3) is 1.65. The number of anilines is 1. The van der Waals surface area contributed by atoms with Crippen molar-refractivity contribution in [1.82, 2.24) is 0 Å². The smallest absolute Gasteiger partial charge is 0.240 e. The molecule has 0 N–H and O–H groups in total. The van der Waals surface area contributed by atoms with Crippen molar-refractivity contribution in [3.05, 3.63) is 29.8 Å². The van der Waals surface area contributed by atoms with Gasteiger partial charge in [-0.2, -0.15) is 0 Å². The third-order valence-electron chi connectivity index (χ3n) is 3.86. The van der Waals surface area contributed by atoms with Crippen LogP contribution in [0.25, 0.3) is 0 Å². The summed E-state index contributed by atoms with van der Waals surface area (Å²) in [7, 11) is 0. The molecule has 18 heavy (non-hydrogen) atoms. The van der Waals surface area contributed by atoms with Crippen LogP contribution in [0.15, 0.2) is 29.3 Å². The maximum Gasteiger partial charge on any atom is 0.240 e. The zero-order chi connectivity index (χ0) is 12.5. The van der Waals surface area contributed by atoms with Crippen LogP contribution < -0.4 is 4.90 Å². The molecule has 3 heteroatoms. The molecule has 1 aromatic rings. The fourth-order valence-corrected chi connectivity index (χ4v) is 2.99. The molecule has 0 aromatic heterocycles. The maximum atomic E-state index is 12.5. The highest BCUT2D eigenvalue weighted by molar-refractivity contribution is 6.19. The number of fused-ring (bicyclic) bond motifs is 1. The van der Waals surface area contributed by atoms with Crippen LogP contribution in [-0.2, 0) is 4.79 Å². The summed E-state index contributed by atoms with van der Waals surface area (Å²) < 4.78 is 0. The summed E-state index contributed by atoms with van der Waals surface area (Å²) in [6.45, 7) is 3.65. The summed E-state index contributed by atoms with van der Waals surface area (Å²) in [6, 6.07) is 8.13. The molecule has 0 saturated heterocycles. The zero-order valence-corrected chi connectivity index (χ0v) is 10.7. The van der Waals surface area contributed by atoms with Gasteiger partial charge in [-0.15, -0.1) is 0 Å². The van der Waals surface area contributed by atoms with Crippen molar-refractivity contribution in [2.75, 3.05) is 18.0 Å². The van der Waals surface area contributed by atoms with Crippen LogP contribution in [0.5, 0.6) is 0 Å². The minimum atomic E-state index is -0.110. The molecule has 0 fully saturated rings. The molecular weight excluding hydrogens is 224 g/mol. The first-order valence-electron chi connectivity index (χ1n) is 6.76. The predicted molar refractivity (Wildman–Crippen MR) is 73.4 cm³/mol. The fourth-order valence-electron chi connectivity index (χ4n) is 2.99.